The summed E-state index contributed by atoms with van der Waals surface area (Å²) >= 11 is 1.55. The average molecular weight is 320 g/mol. The summed E-state index contributed by atoms with van der Waals surface area (Å²) in [4.78, 5) is 28.5. The molecule has 1 heterocycles. The van der Waals surface area contributed by atoms with Crippen molar-refractivity contribution in [2.45, 2.75) is 19.8 Å². The second-order valence-corrected chi connectivity index (χ2v) is 6.34. The molecule has 2 rings (SSSR count). The molecule has 1 fully saturated rings. The molecule has 0 saturated carbocycles. The van der Waals surface area contributed by atoms with E-state index in [1.807, 2.05) is 40.3 Å². The largest absolute Gasteiger partial charge is 0.340 e. The van der Waals surface area contributed by atoms with Crippen molar-refractivity contribution in [3.8, 4) is 0 Å². The van der Waals surface area contributed by atoms with Gasteiger partial charge in [-0.1, -0.05) is 25.1 Å². The van der Waals surface area contributed by atoms with E-state index in [-0.39, 0.29) is 11.8 Å². The maximum Gasteiger partial charge on any atom is 0.254 e. The summed E-state index contributed by atoms with van der Waals surface area (Å²) in [7, 11) is 0. The minimum atomic E-state index is 0.0941. The van der Waals surface area contributed by atoms with Gasteiger partial charge in [0.25, 0.3) is 5.91 Å². The maximum atomic E-state index is 12.8. The maximum absolute atomic E-state index is 12.8. The zero-order valence-electron chi connectivity index (χ0n) is 13.4. The second kappa shape index (κ2) is 8.22. The van der Waals surface area contributed by atoms with E-state index in [2.05, 4.69) is 6.92 Å². The van der Waals surface area contributed by atoms with Crippen LogP contribution in [0.4, 0.5) is 0 Å². The first-order valence-electron chi connectivity index (χ1n) is 7.81. The molecular weight excluding hydrogens is 296 g/mol. The summed E-state index contributed by atoms with van der Waals surface area (Å²) in [6.07, 6.45) is 3.64. The van der Waals surface area contributed by atoms with Crippen LogP contribution in [0.2, 0.25) is 0 Å². The van der Waals surface area contributed by atoms with Gasteiger partial charge in [-0.25, -0.2) is 0 Å². The van der Waals surface area contributed by atoms with Gasteiger partial charge in [-0.15, -0.1) is 0 Å². The topological polar surface area (TPSA) is 40.6 Å². The zero-order chi connectivity index (χ0) is 15.9. The van der Waals surface area contributed by atoms with Gasteiger partial charge in [0.05, 0.1) is 5.75 Å². The fourth-order valence-corrected chi connectivity index (χ4v) is 3.22. The van der Waals surface area contributed by atoms with Crippen molar-refractivity contribution in [1.29, 1.82) is 0 Å². The summed E-state index contributed by atoms with van der Waals surface area (Å²) in [5, 5.41) is 0. The number of thioether (sulfide) groups is 1. The molecular formula is C17H24N2O2S. The van der Waals surface area contributed by atoms with Gasteiger partial charge in [0.1, 0.15) is 0 Å². The molecule has 22 heavy (non-hydrogen) atoms. The fourth-order valence-electron chi connectivity index (χ4n) is 2.79. The van der Waals surface area contributed by atoms with Crippen LogP contribution < -0.4 is 0 Å². The van der Waals surface area contributed by atoms with Gasteiger partial charge < -0.3 is 9.80 Å². The van der Waals surface area contributed by atoms with Gasteiger partial charge in [-0.2, -0.15) is 11.8 Å². The molecule has 1 aromatic carbocycles. The van der Waals surface area contributed by atoms with Crippen LogP contribution in [0.1, 0.15) is 29.3 Å². The lowest BCUT2D eigenvalue weighted by Gasteiger charge is -2.23. The Hall–Kier alpha value is -1.49. The summed E-state index contributed by atoms with van der Waals surface area (Å²) < 4.78 is 0. The third-order valence-corrected chi connectivity index (χ3v) is 4.57. The van der Waals surface area contributed by atoms with E-state index in [9.17, 15) is 9.59 Å². The predicted octanol–water partition coefficient (Wildman–Crippen LogP) is 2.29. The van der Waals surface area contributed by atoms with Crippen LogP contribution in [0.15, 0.2) is 24.3 Å². The second-order valence-electron chi connectivity index (χ2n) is 5.47. The molecule has 0 unspecified atom stereocenters. The molecule has 0 N–H and O–H groups in total. The number of benzene rings is 1. The molecule has 1 saturated heterocycles. The highest BCUT2D eigenvalue weighted by Crippen LogP contribution is 2.15. The molecule has 0 aromatic heterocycles. The molecule has 0 atom stereocenters. The monoisotopic (exact) mass is 320 g/mol. The summed E-state index contributed by atoms with van der Waals surface area (Å²) in [5.74, 6) is 0.791. The standard InChI is InChI=1S/C17H24N2O2S/c1-3-14-7-4-5-8-15(14)17(21)19-10-6-9-18(11-12-19)16(20)13-22-2/h4-5,7-8H,3,6,9-13H2,1-2H3. The van der Waals surface area contributed by atoms with Crippen molar-refractivity contribution >= 4 is 23.6 Å². The molecule has 1 aromatic rings. The number of rotatable bonds is 4. The van der Waals surface area contributed by atoms with E-state index in [1.54, 1.807) is 11.8 Å². The Morgan fingerprint density at radius 3 is 2.50 bits per heavy atom. The van der Waals surface area contributed by atoms with Crippen molar-refractivity contribution in [3.63, 3.8) is 0 Å². The lowest BCUT2D eigenvalue weighted by molar-refractivity contribution is -0.128. The van der Waals surface area contributed by atoms with Crippen molar-refractivity contribution < 1.29 is 9.59 Å². The molecule has 2 amide bonds. The van der Waals surface area contributed by atoms with Gasteiger partial charge in [0.15, 0.2) is 0 Å². The van der Waals surface area contributed by atoms with E-state index in [4.69, 9.17) is 0 Å². The first-order valence-corrected chi connectivity index (χ1v) is 9.20. The van der Waals surface area contributed by atoms with Crippen LogP contribution in [0.5, 0.6) is 0 Å². The number of hydrogen-bond donors (Lipinski definition) is 0. The predicted molar refractivity (Wildman–Crippen MR) is 91.3 cm³/mol. The van der Waals surface area contributed by atoms with E-state index in [0.29, 0.717) is 18.8 Å². The molecule has 120 valence electrons. The van der Waals surface area contributed by atoms with E-state index in [0.717, 1.165) is 37.1 Å². The van der Waals surface area contributed by atoms with Crippen molar-refractivity contribution in [2.75, 3.05) is 38.2 Å². The molecule has 0 aliphatic carbocycles. The average Bonchev–Trinajstić information content (AvgIpc) is 2.80. The Kier molecular flexibility index (Phi) is 6.31. The molecule has 4 nitrogen and oxygen atoms in total. The number of carbonyl (C=O) groups is 2. The highest BCUT2D eigenvalue weighted by atomic mass is 32.2. The minimum Gasteiger partial charge on any atom is -0.340 e. The number of hydrogen-bond acceptors (Lipinski definition) is 3. The Labute approximate surface area is 136 Å². The summed E-state index contributed by atoms with van der Waals surface area (Å²) in [5.41, 5.74) is 1.89. The minimum absolute atomic E-state index is 0.0941. The van der Waals surface area contributed by atoms with Crippen LogP contribution in [0, 0.1) is 0 Å². The number of aryl methyl sites for hydroxylation is 1. The Balaban J connectivity index is 2.04. The number of nitrogens with zero attached hydrogens (tertiary/aromatic N) is 2. The molecule has 1 aliphatic heterocycles. The third-order valence-electron chi connectivity index (χ3n) is 4.03. The van der Waals surface area contributed by atoms with Crippen LogP contribution >= 0.6 is 11.8 Å². The van der Waals surface area contributed by atoms with Gasteiger partial charge >= 0.3 is 0 Å². The van der Waals surface area contributed by atoms with Crippen molar-refractivity contribution in [2.24, 2.45) is 0 Å². The fraction of sp³-hybridized carbons (Fsp3) is 0.529. The van der Waals surface area contributed by atoms with Gasteiger partial charge in [0.2, 0.25) is 5.91 Å². The highest BCUT2D eigenvalue weighted by Gasteiger charge is 2.23. The third kappa shape index (κ3) is 4.03. The number of carbonyl (C=O) groups excluding carboxylic acids is 2. The normalized spacial score (nSPS) is 15.5. The quantitative estimate of drug-likeness (QED) is 0.854. The van der Waals surface area contributed by atoms with Crippen LogP contribution in [0.3, 0.4) is 0 Å². The van der Waals surface area contributed by atoms with Gasteiger partial charge in [0, 0.05) is 31.7 Å². The van der Waals surface area contributed by atoms with E-state index >= 15 is 0 Å². The summed E-state index contributed by atoms with van der Waals surface area (Å²) in [6, 6.07) is 7.81. The molecule has 5 heteroatoms. The zero-order valence-corrected chi connectivity index (χ0v) is 14.2. The molecule has 0 bridgehead atoms. The highest BCUT2D eigenvalue weighted by molar-refractivity contribution is 7.99. The lowest BCUT2D eigenvalue weighted by Crippen LogP contribution is -2.38. The van der Waals surface area contributed by atoms with E-state index < -0.39 is 0 Å². The van der Waals surface area contributed by atoms with Crippen LogP contribution in [0.25, 0.3) is 0 Å². The van der Waals surface area contributed by atoms with Crippen LogP contribution in [-0.4, -0.2) is 59.8 Å². The molecule has 1 aliphatic rings. The SMILES string of the molecule is CCc1ccccc1C(=O)N1CCCN(C(=O)CSC)CC1. The molecule has 0 radical (unpaired) electrons. The van der Waals surface area contributed by atoms with Crippen molar-refractivity contribution in [1.82, 2.24) is 9.80 Å². The van der Waals surface area contributed by atoms with Gasteiger partial charge in [-0.3, -0.25) is 9.59 Å². The van der Waals surface area contributed by atoms with Gasteiger partial charge in [-0.05, 0) is 30.7 Å². The van der Waals surface area contributed by atoms with Crippen molar-refractivity contribution in [3.05, 3.63) is 35.4 Å². The lowest BCUT2D eigenvalue weighted by atomic mass is 10.0. The summed E-state index contributed by atoms with van der Waals surface area (Å²) in [6.45, 7) is 4.80. The Bertz CT molecular complexity index is 533. The first kappa shape index (κ1) is 16.9. The Morgan fingerprint density at radius 2 is 1.77 bits per heavy atom. The Morgan fingerprint density at radius 1 is 1.09 bits per heavy atom. The number of amides is 2. The smallest absolute Gasteiger partial charge is 0.254 e. The van der Waals surface area contributed by atoms with Crippen LogP contribution in [-0.2, 0) is 11.2 Å². The first-order chi connectivity index (χ1) is 10.7. The molecule has 0 spiro atoms. The van der Waals surface area contributed by atoms with E-state index in [1.165, 1.54) is 0 Å².